The average Bonchev–Trinajstić information content (AvgIpc) is 2.07. The Bertz CT molecular complexity index is 295. The molecule has 1 aromatic carbocycles. The van der Waals surface area contributed by atoms with Crippen molar-refractivity contribution in [3.63, 3.8) is 0 Å². The highest BCUT2D eigenvalue weighted by Crippen LogP contribution is 2.11. The topological polar surface area (TPSA) is 72.6 Å². The summed E-state index contributed by atoms with van der Waals surface area (Å²) in [4.78, 5) is 2.62. The largest absolute Gasteiger partial charge is 0.298 e. The summed E-state index contributed by atoms with van der Waals surface area (Å²) in [6.07, 6.45) is 2.21. The Morgan fingerprint density at radius 3 is 2.45 bits per heavy atom. The fourth-order valence-electron chi connectivity index (χ4n) is 0.663. The van der Waals surface area contributed by atoms with Gasteiger partial charge in [-0.15, -0.1) is 0 Å². The Hall–Kier alpha value is -1.80. The highest BCUT2D eigenvalue weighted by molar-refractivity contribution is 5.77. The molecule has 0 fully saturated rings. The van der Waals surface area contributed by atoms with Crippen molar-refractivity contribution in [1.82, 2.24) is 0 Å². The summed E-state index contributed by atoms with van der Waals surface area (Å²) in [5, 5.41) is 10.1. The SMILES string of the molecule is [N-]=[N+]=Nc1ccc([C]=N)cc1. The number of nitrogens with zero attached hydrogens (tertiary/aromatic N) is 3. The first-order valence-corrected chi connectivity index (χ1v) is 2.94. The molecule has 53 valence electrons. The van der Waals surface area contributed by atoms with Crippen LogP contribution in [0.25, 0.3) is 10.4 Å². The van der Waals surface area contributed by atoms with Crippen LogP contribution in [0.3, 0.4) is 0 Å². The lowest BCUT2D eigenvalue weighted by atomic mass is 10.2. The first kappa shape index (κ1) is 7.31. The molecule has 1 rings (SSSR count). The maximum atomic E-state index is 8.05. The van der Waals surface area contributed by atoms with E-state index in [0.29, 0.717) is 11.3 Å². The molecule has 0 atom stereocenters. The average molecular weight is 145 g/mol. The molecule has 0 amide bonds. The van der Waals surface area contributed by atoms with Crippen LogP contribution in [0.1, 0.15) is 5.56 Å². The molecule has 0 spiro atoms. The molecule has 0 aliphatic heterocycles. The van der Waals surface area contributed by atoms with Gasteiger partial charge in [0.05, 0.1) is 6.21 Å². The third kappa shape index (κ3) is 1.81. The highest BCUT2D eigenvalue weighted by atomic mass is 15.1. The minimum atomic E-state index is 0.548. The normalized spacial score (nSPS) is 8.36. The smallest absolute Gasteiger partial charge is 0.0867 e. The maximum absolute atomic E-state index is 8.05. The molecule has 4 heteroatoms. The van der Waals surface area contributed by atoms with Gasteiger partial charge in [-0.2, -0.15) is 0 Å². The lowest BCUT2D eigenvalue weighted by Gasteiger charge is -1.90. The van der Waals surface area contributed by atoms with E-state index in [9.17, 15) is 0 Å². The van der Waals surface area contributed by atoms with Crippen molar-refractivity contribution >= 4 is 11.9 Å². The van der Waals surface area contributed by atoms with E-state index in [1.165, 1.54) is 0 Å². The Kier molecular flexibility index (Phi) is 2.25. The second kappa shape index (κ2) is 3.39. The number of benzene rings is 1. The van der Waals surface area contributed by atoms with Gasteiger partial charge >= 0.3 is 0 Å². The van der Waals surface area contributed by atoms with Crippen LogP contribution < -0.4 is 0 Å². The van der Waals surface area contributed by atoms with Crippen molar-refractivity contribution in [1.29, 1.82) is 5.41 Å². The van der Waals surface area contributed by atoms with E-state index in [0.717, 1.165) is 0 Å². The van der Waals surface area contributed by atoms with Crippen LogP contribution in [0.2, 0.25) is 0 Å². The zero-order valence-corrected chi connectivity index (χ0v) is 5.65. The summed E-state index contributed by atoms with van der Waals surface area (Å²) >= 11 is 0. The second-order valence-electron chi connectivity index (χ2n) is 1.86. The van der Waals surface area contributed by atoms with E-state index < -0.39 is 0 Å². The van der Waals surface area contributed by atoms with Crippen molar-refractivity contribution < 1.29 is 0 Å². The van der Waals surface area contributed by atoms with E-state index in [1.54, 1.807) is 24.3 Å². The standard InChI is InChI=1S/C7H5N4/c8-5-6-1-3-7(4-2-6)10-11-9/h1-4,8H. The molecule has 0 saturated heterocycles. The third-order valence-corrected chi connectivity index (χ3v) is 1.17. The van der Waals surface area contributed by atoms with Gasteiger partial charge in [0, 0.05) is 16.2 Å². The first-order chi connectivity index (χ1) is 5.36. The van der Waals surface area contributed by atoms with Crippen LogP contribution in [-0.2, 0) is 0 Å². The number of hydrogen-bond acceptors (Lipinski definition) is 2. The van der Waals surface area contributed by atoms with Gasteiger partial charge in [0.25, 0.3) is 0 Å². The lowest BCUT2D eigenvalue weighted by molar-refractivity contribution is 1.46. The van der Waals surface area contributed by atoms with Crippen molar-refractivity contribution in [3.05, 3.63) is 40.3 Å². The zero-order valence-electron chi connectivity index (χ0n) is 5.65. The Morgan fingerprint density at radius 2 is 2.00 bits per heavy atom. The molecule has 1 N–H and O–H groups in total. The molecule has 0 aromatic heterocycles. The lowest BCUT2D eigenvalue weighted by Crippen LogP contribution is -1.74. The van der Waals surface area contributed by atoms with Crippen LogP contribution in [0, 0.1) is 5.41 Å². The molecule has 0 saturated carbocycles. The molecule has 0 aliphatic rings. The van der Waals surface area contributed by atoms with Crippen LogP contribution in [-0.4, -0.2) is 6.21 Å². The van der Waals surface area contributed by atoms with E-state index in [-0.39, 0.29) is 0 Å². The summed E-state index contributed by atoms with van der Waals surface area (Å²) in [7, 11) is 0. The Morgan fingerprint density at radius 1 is 1.36 bits per heavy atom. The number of nitrogens with one attached hydrogen (secondary N) is 1. The van der Waals surface area contributed by atoms with E-state index in [4.69, 9.17) is 10.9 Å². The first-order valence-electron chi connectivity index (χ1n) is 2.94. The van der Waals surface area contributed by atoms with Gasteiger partial charge in [0.1, 0.15) is 0 Å². The summed E-state index contributed by atoms with van der Waals surface area (Å²) in [6.45, 7) is 0. The van der Waals surface area contributed by atoms with Gasteiger partial charge in [0.15, 0.2) is 0 Å². The van der Waals surface area contributed by atoms with Crippen molar-refractivity contribution in [2.75, 3.05) is 0 Å². The van der Waals surface area contributed by atoms with E-state index in [1.807, 2.05) is 0 Å². The number of rotatable bonds is 2. The van der Waals surface area contributed by atoms with Crippen LogP contribution >= 0.6 is 0 Å². The summed E-state index contributed by atoms with van der Waals surface area (Å²) < 4.78 is 0. The van der Waals surface area contributed by atoms with E-state index in [2.05, 4.69) is 16.2 Å². The van der Waals surface area contributed by atoms with Crippen molar-refractivity contribution in [2.45, 2.75) is 0 Å². The Balaban J connectivity index is 2.99. The summed E-state index contributed by atoms with van der Waals surface area (Å²) in [5.41, 5.74) is 9.27. The number of azide groups is 1. The van der Waals surface area contributed by atoms with Gasteiger partial charge in [-0.3, -0.25) is 5.41 Å². The molecule has 11 heavy (non-hydrogen) atoms. The molecule has 1 aromatic rings. The van der Waals surface area contributed by atoms with Gasteiger partial charge in [-0.25, -0.2) is 0 Å². The summed E-state index contributed by atoms with van der Waals surface area (Å²) in [5.74, 6) is 0. The van der Waals surface area contributed by atoms with Gasteiger partial charge < -0.3 is 0 Å². The Labute approximate surface area is 63.6 Å². The minimum Gasteiger partial charge on any atom is -0.298 e. The monoisotopic (exact) mass is 145 g/mol. The fraction of sp³-hybridized carbons (Fsp3) is 0. The van der Waals surface area contributed by atoms with Crippen LogP contribution in [0.15, 0.2) is 29.4 Å². The van der Waals surface area contributed by atoms with Crippen LogP contribution in [0.5, 0.6) is 0 Å². The maximum Gasteiger partial charge on any atom is 0.0867 e. The van der Waals surface area contributed by atoms with Gasteiger partial charge in [-0.1, -0.05) is 29.4 Å². The molecule has 0 heterocycles. The molecule has 1 radical (unpaired) electrons. The molecule has 0 aliphatic carbocycles. The summed E-state index contributed by atoms with van der Waals surface area (Å²) in [6, 6.07) is 6.60. The van der Waals surface area contributed by atoms with Gasteiger partial charge in [-0.05, 0) is 5.53 Å². The van der Waals surface area contributed by atoms with Crippen LogP contribution in [0.4, 0.5) is 5.69 Å². The minimum absolute atomic E-state index is 0.548. The predicted octanol–water partition coefficient (Wildman–Crippen LogP) is 2.50. The number of hydrogen-bond donors (Lipinski definition) is 1. The fourth-order valence-corrected chi connectivity index (χ4v) is 0.663. The molecule has 0 bridgehead atoms. The molecule has 4 nitrogen and oxygen atoms in total. The predicted molar refractivity (Wildman–Crippen MR) is 42.1 cm³/mol. The third-order valence-electron chi connectivity index (χ3n) is 1.17. The molecular formula is C7H5N4. The van der Waals surface area contributed by atoms with Crippen molar-refractivity contribution in [3.8, 4) is 0 Å². The zero-order chi connectivity index (χ0) is 8.10. The van der Waals surface area contributed by atoms with E-state index >= 15 is 0 Å². The second-order valence-corrected chi connectivity index (χ2v) is 1.86. The molecule has 0 unspecified atom stereocenters. The quantitative estimate of drug-likeness (QED) is 0.287. The van der Waals surface area contributed by atoms with Gasteiger partial charge in [0.2, 0.25) is 0 Å². The highest BCUT2D eigenvalue weighted by Gasteiger charge is 1.87. The molecular weight excluding hydrogens is 140 g/mol. The van der Waals surface area contributed by atoms with Crippen molar-refractivity contribution in [2.24, 2.45) is 5.11 Å².